The minimum Gasteiger partial charge on any atom is -0.481 e. The van der Waals surface area contributed by atoms with Crippen LogP contribution in [0.25, 0.3) is 0 Å². The van der Waals surface area contributed by atoms with Crippen LogP contribution in [0.4, 0.5) is 0 Å². The molecule has 1 saturated heterocycles. The summed E-state index contributed by atoms with van der Waals surface area (Å²) in [5.74, 6) is -1.20. The van der Waals surface area contributed by atoms with Crippen LogP contribution < -0.4 is 0 Å². The van der Waals surface area contributed by atoms with Crippen molar-refractivity contribution < 1.29 is 19.1 Å². The third-order valence-electron chi connectivity index (χ3n) is 5.69. The smallest absolute Gasteiger partial charge is 0.308 e. The van der Waals surface area contributed by atoms with E-state index in [0.29, 0.717) is 6.61 Å². The van der Waals surface area contributed by atoms with Crippen molar-refractivity contribution in [3.63, 3.8) is 0 Å². The van der Waals surface area contributed by atoms with Crippen molar-refractivity contribution in [2.45, 2.75) is 78.2 Å². The van der Waals surface area contributed by atoms with Gasteiger partial charge in [0.05, 0.1) is 31.2 Å². The van der Waals surface area contributed by atoms with Gasteiger partial charge in [-0.1, -0.05) is 29.4 Å². The lowest BCUT2D eigenvalue weighted by Gasteiger charge is -2.27. The molecular weight excluding hydrogens is 364 g/mol. The van der Waals surface area contributed by atoms with E-state index in [0.717, 1.165) is 51.4 Å². The topological polar surface area (TPSA) is 59.7 Å². The summed E-state index contributed by atoms with van der Waals surface area (Å²) in [4.78, 5) is 11.0. The van der Waals surface area contributed by atoms with Gasteiger partial charge in [-0.3, -0.25) is 4.79 Å². The summed E-state index contributed by atoms with van der Waals surface area (Å²) in [5.41, 5.74) is 5.45. The summed E-state index contributed by atoms with van der Waals surface area (Å²) in [5, 5.41) is 9.08. The average Bonchev–Trinajstić information content (AvgIpc) is 3.21. The highest BCUT2D eigenvalue weighted by Gasteiger charge is 2.27. The van der Waals surface area contributed by atoms with Crippen molar-refractivity contribution in [2.24, 2.45) is 5.92 Å². The standard InChI is InChI=1S/C25H36O4/c1-19(7-4-8-20(2)10-6-12-23-15-16-28-17-23)9-5-11-22-13-14-24(29-18-22)21(3)25(26)27/h7,10-11,15-17,21,24H,4-6,8-9,12-14,18H2,1-3H3,(H,26,27)/b19-7+,20-10+,22-11+/t21-,24?/m1/s1. The molecule has 0 amide bonds. The summed E-state index contributed by atoms with van der Waals surface area (Å²) in [6.07, 6.45) is 18.5. The number of allylic oxidation sites excluding steroid dienone is 5. The number of aliphatic carboxylic acids is 1. The zero-order chi connectivity index (χ0) is 21.1. The second-order valence-electron chi connectivity index (χ2n) is 8.23. The van der Waals surface area contributed by atoms with Crippen LogP contribution in [-0.2, 0) is 16.0 Å². The third kappa shape index (κ3) is 8.86. The molecule has 4 nitrogen and oxygen atoms in total. The van der Waals surface area contributed by atoms with Gasteiger partial charge in [0, 0.05) is 0 Å². The lowest BCUT2D eigenvalue weighted by Crippen LogP contribution is -2.32. The van der Waals surface area contributed by atoms with E-state index in [1.165, 1.54) is 22.3 Å². The van der Waals surface area contributed by atoms with Crippen LogP contribution in [0.2, 0.25) is 0 Å². The molecule has 1 aliphatic rings. The fraction of sp³-hybridized carbons (Fsp3) is 0.560. The van der Waals surface area contributed by atoms with Crippen LogP contribution in [0.5, 0.6) is 0 Å². The van der Waals surface area contributed by atoms with Crippen molar-refractivity contribution >= 4 is 5.97 Å². The van der Waals surface area contributed by atoms with E-state index in [9.17, 15) is 4.79 Å². The third-order valence-corrected chi connectivity index (χ3v) is 5.69. The Morgan fingerprint density at radius 2 is 1.93 bits per heavy atom. The van der Waals surface area contributed by atoms with Gasteiger partial charge < -0.3 is 14.3 Å². The van der Waals surface area contributed by atoms with Crippen LogP contribution in [0.3, 0.4) is 0 Å². The molecule has 29 heavy (non-hydrogen) atoms. The number of furan rings is 1. The molecule has 1 aliphatic heterocycles. The highest BCUT2D eigenvalue weighted by Crippen LogP contribution is 2.24. The quantitative estimate of drug-likeness (QED) is 0.431. The Balaban J connectivity index is 1.61. The number of hydrogen-bond donors (Lipinski definition) is 1. The minimum absolute atomic E-state index is 0.151. The van der Waals surface area contributed by atoms with Crippen molar-refractivity contribution in [1.29, 1.82) is 0 Å². The Kier molecular flexibility index (Phi) is 9.99. The van der Waals surface area contributed by atoms with E-state index >= 15 is 0 Å². The Morgan fingerprint density at radius 1 is 1.21 bits per heavy atom. The van der Waals surface area contributed by atoms with Gasteiger partial charge in [-0.2, -0.15) is 0 Å². The first-order chi connectivity index (χ1) is 14.0. The highest BCUT2D eigenvalue weighted by molar-refractivity contribution is 5.70. The molecule has 0 aliphatic carbocycles. The SMILES string of the molecule is C/C(=C\CC/C(C)=C/CCc1ccoc1)CC/C=C1\CCC([C@@H](C)C(=O)O)OC1. The number of carbonyl (C=O) groups is 1. The maximum atomic E-state index is 11.0. The van der Waals surface area contributed by atoms with E-state index < -0.39 is 11.9 Å². The molecule has 2 atom stereocenters. The van der Waals surface area contributed by atoms with E-state index in [1.54, 1.807) is 13.2 Å². The number of hydrogen-bond acceptors (Lipinski definition) is 3. The van der Waals surface area contributed by atoms with E-state index in [4.69, 9.17) is 14.3 Å². The van der Waals surface area contributed by atoms with Crippen molar-refractivity contribution in [3.05, 3.63) is 59.1 Å². The predicted octanol–water partition coefficient (Wildman–Crippen LogP) is 6.49. The Hall–Kier alpha value is -2.07. The lowest BCUT2D eigenvalue weighted by atomic mass is 9.94. The van der Waals surface area contributed by atoms with Crippen LogP contribution in [0, 0.1) is 5.92 Å². The fourth-order valence-corrected chi connectivity index (χ4v) is 3.59. The summed E-state index contributed by atoms with van der Waals surface area (Å²) >= 11 is 0. The number of ether oxygens (including phenoxy) is 1. The molecule has 1 unspecified atom stereocenters. The molecule has 0 saturated carbocycles. The summed E-state index contributed by atoms with van der Waals surface area (Å²) < 4.78 is 10.8. The van der Waals surface area contributed by atoms with Gasteiger partial charge in [-0.05, 0) is 89.3 Å². The summed E-state index contributed by atoms with van der Waals surface area (Å²) in [6.45, 7) is 6.73. The molecule has 0 radical (unpaired) electrons. The zero-order valence-corrected chi connectivity index (χ0v) is 18.2. The van der Waals surface area contributed by atoms with Gasteiger partial charge in [0.1, 0.15) is 0 Å². The van der Waals surface area contributed by atoms with Gasteiger partial charge >= 0.3 is 5.97 Å². The molecular formula is C25H36O4. The molecule has 0 spiro atoms. The molecule has 1 aromatic heterocycles. The molecule has 4 heteroatoms. The first-order valence-electron chi connectivity index (χ1n) is 10.8. The fourth-order valence-electron chi connectivity index (χ4n) is 3.59. The number of rotatable bonds is 11. The lowest BCUT2D eigenvalue weighted by molar-refractivity contribution is -0.147. The minimum atomic E-state index is -0.772. The van der Waals surface area contributed by atoms with Crippen LogP contribution >= 0.6 is 0 Å². The second-order valence-corrected chi connectivity index (χ2v) is 8.23. The number of carboxylic acids is 1. The van der Waals surface area contributed by atoms with Crippen LogP contribution in [0.1, 0.15) is 71.3 Å². The van der Waals surface area contributed by atoms with Crippen molar-refractivity contribution in [3.8, 4) is 0 Å². The summed E-state index contributed by atoms with van der Waals surface area (Å²) in [7, 11) is 0. The number of aryl methyl sites for hydroxylation is 1. The normalized spacial score (nSPS) is 20.8. The zero-order valence-electron chi connectivity index (χ0n) is 18.2. The Labute approximate surface area is 175 Å². The number of carboxylic acid groups (broad SMARTS) is 1. The van der Waals surface area contributed by atoms with Crippen LogP contribution in [0.15, 0.2) is 58.0 Å². The van der Waals surface area contributed by atoms with Crippen molar-refractivity contribution in [1.82, 2.24) is 0 Å². The maximum Gasteiger partial charge on any atom is 0.308 e. The first-order valence-corrected chi connectivity index (χ1v) is 10.8. The second kappa shape index (κ2) is 12.5. The van der Waals surface area contributed by atoms with E-state index in [1.807, 2.05) is 12.3 Å². The molecule has 0 bridgehead atoms. The Bertz CT molecular complexity index is 699. The molecule has 1 aromatic rings. The molecule has 1 N–H and O–H groups in total. The predicted molar refractivity (Wildman–Crippen MR) is 117 cm³/mol. The van der Waals surface area contributed by atoms with Gasteiger partial charge in [0.25, 0.3) is 0 Å². The van der Waals surface area contributed by atoms with E-state index in [-0.39, 0.29) is 6.10 Å². The Morgan fingerprint density at radius 3 is 2.55 bits per heavy atom. The largest absolute Gasteiger partial charge is 0.481 e. The highest BCUT2D eigenvalue weighted by atomic mass is 16.5. The first kappa shape index (κ1) is 23.2. The molecule has 2 heterocycles. The van der Waals surface area contributed by atoms with Crippen LogP contribution in [-0.4, -0.2) is 23.8 Å². The monoisotopic (exact) mass is 400 g/mol. The molecule has 2 rings (SSSR count). The summed E-state index contributed by atoms with van der Waals surface area (Å²) in [6, 6.07) is 2.03. The van der Waals surface area contributed by atoms with Crippen molar-refractivity contribution in [2.75, 3.05) is 6.61 Å². The molecule has 1 fully saturated rings. The molecule has 160 valence electrons. The van der Waals surface area contributed by atoms with E-state index in [2.05, 4.69) is 32.1 Å². The van der Waals surface area contributed by atoms with Gasteiger partial charge in [-0.15, -0.1) is 0 Å². The van der Waals surface area contributed by atoms with Gasteiger partial charge in [0.15, 0.2) is 0 Å². The maximum absolute atomic E-state index is 11.0. The molecule has 0 aromatic carbocycles. The van der Waals surface area contributed by atoms with Gasteiger partial charge in [-0.25, -0.2) is 0 Å². The van der Waals surface area contributed by atoms with Gasteiger partial charge in [0.2, 0.25) is 0 Å². The average molecular weight is 401 g/mol.